The third kappa shape index (κ3) is 6.09. The number of likely N-dealkylation sites (tertiary alicyclic amines) is 1. The van der Waals surface area contributed by atoms with E-state index in [9.17, 15) is 14.7 Å². The maximum Gasteiger partial charge on any atom is 0.217 e. The van der Waals surface area contributed by atoms with E-state index in [-0.39, 0.29) is 36.2 Å². The van der Waals surface area contributed by atoms with Crippen LogP contribution in [0.4, 0.5) is 0 Å². The third-order valence-corrected chi connectivity index (χ3v) is 7.68. The Labute approximate surface area is 192 Å². The number of nitrogens with one attached hydrogen (secondary N) is 1. The van der Waals surface area contributed by atoms with Crippen molar-refractivity contribution in [3.63, 3.8) is 0 Å². The first-order chi connectivity index (χ1) is 14.4. The molecule has 1 aliphatic heterocycles. The van der Waals surface area contributed by atoms with E-state index in [1.165, 1.54) is 5.56 Å². The smallest absolute Gasteiger partial charge is 0.217 e. The van der Waals surface area contributed by atoms with Gasteiger partial charge in [-0.1, -0.05) is 30.3 Å². The van der Waals surface area contributed by atoms with Gasteiger partial charge < -0.3 is 15.3 Å². The number of hydrogen-bond acceptors (Lipinski definition) is 4. The number of benzene rings is 1. The highest BCUT2D eigenvalue weighted by molar-refractivity contribution is 5.85. The maximum absolute atomic E-state index is 13.2. The minimum absolute atomic E-state index is 0. The molecule has 1 heterocycles. The van der Waals surface area contributed by atoms with Gasteiger partial charge in [0, 0.05) is 50.9 Å². The molecule has 0 aromatic heterocycles. The Kier molecular flexibility index (Phi) is 8.17. The highest BCUT2D eigenvalue weighted by atomic mass is 35.5. The lowest BCUT2D eigenvalue weighted by atomic mass is 9.65. The number of carbonyl (C=O) groups excluding carboxylic acids is 2. The molecule has 4 rings (SSSR count). The Hall–Kier alpha value is -1.43. The predicted octanol–water partition coefficient (Wildman–Crippen LogP) is 3.38. The zero-order valence-corrected chi connectivity index (χ0v) is 19.4. The standard InChI is InChI=1S/C25H36N2O3.ClH/c1-18(28)26-22-9-10-23-20(15-22)7-8-21(24(23)29)17-27-13-11-25(30,12-14-27)16-19-5-3-2-4-6-19;/h2-6,20-23,30H,7-17H2,1H3,(H,26,28);1H. The summed E-state index contributed by atoms with van der Waals surface area (Å²) in [7, 11) is 0. The van der Waals surface area contributed by atoms with Crippen molar-refractivity contribution in [3.8, 4) is 0 Å². The van der Waals surface area contributed by atoms with E-state index in [1.54, 1.807) is 6.92 Å². The molecule has 1 saturated heterocycles. The lowest BCUT2D eigenvalue weighted by Gasteiger charge is -2.43. The van der Waals surface area contributed by atoms with Crippen LogP contribution in [0.3, 0.4) is 0 Å². The first kappa shape index (κ1) is 24.2. The molecule has 3 aliphatic rings. The van der Waals surface area contributed by atoms with Crippen molar-refractivity contribution in [1.82, 2.24) is 10.2 Å². The molecule has 0 spiro atoms. The molecule has 31 heavy (non-hydrogen) atoms. The Morgan fingerprint density at radius 2 is 1.84 bits per heavy atom. The normalized spacial score (nSPS) is 30.7. The van der Waals surface area contributed by atoms with Gasteiger partial charge in [-0.2, -0.15) is 0 Å². The van der Waals surface area contributed by atoms with E-state index in [0.717, 1.165) is 64.6 Å². The highest BCUT2D eigenvalue weighted by Gasteiger charge is 2.42. The first-order valence-corrected chi connectivity index (χ1v) is 11.7. The Morgan fingerprint density at radius 3 is 2.52 bits per heavy atom. The summed E-state index contributed by atoms with van der Waals surface area (Å²) in [5.41, 5.74) is 0.568. The Morgan fingerprint density at radius 1 is 1.13 bits per heavy atom. The van der Waals surface area contributed by atoms with Gasteiger partial charge >= 0.3 is 0 Å². The van der Waals surface area contributed by atoms with Crippen molar-refractivity contribution >= 4 is 24.1 Å². The van der Waals surface area contributed by atoms with E-state index >= 15 is 0 Å². The van der Waals surface area contributed by atoms with Crippen LogP contribution in [-0.2, 0) is 16.0 Å². The van der Waals surface area contributed by atoms with Crippen molar-refractivity contribution in [3.05, 3.63) is 35.9 Å². The van der Waals surface area contributed by atoms with Crippen LogP contribution in [-0.4, -0.2) is 53.0 Å². The van der Waals surface area contributed by atoms with Crippen molar-refractivity contribution in [1.29, 1.82) is 0 Å². The van der Waals surface area contributed by atoms with Crippen LogP contribution in [0.2, 0.25) is 0 Å². The van der Waals surface area contributed by atoms with Crippen molar-refractivity contribution in [2.45, 2.75) is 69.9 Å². The molecule has 4 atom stereocenters. The summed E-state index contributed by atoms with van der Waals surface area (Å²) in [6, 6.07) is 10.5. The zero-order chi connectivity index (χ0) is 21.1. The molecule has 2 saturated carbocycles. The van der Waals surface area contributed by atoms with E-state index < -0.39 is 5.60 Å². The van der Waals surface area contributed by atoms with Crippen molar-refractivity contribution < 1.29 is 14.7 Å². The number of nitrogens with zero attached hydrogens (tertiary/aromatic N) is 1. The van der Waals surface area contributed by atoms with Crippen LogP contribution in [0.25, 0.3) is 0 Å². The Balaban J connectivity index is 0.00000272. The molecule has 0 bridgehead atoms. The summed E-state index contributed by atoms with van der Waals surface area (Å²) >= 11 is 0. The molecular formula is C25H37ClN2O3. The van der Waals surface area contributed by atoms with E-state index in [4.69, 9.17) is 0 Å². The number of amides is 1. The van der Waals surface area contributed by atoms with Crippen LogP contribution in [0.1, 0.15) is 57.4 Å². The van der Waals surface area contributed by atoms with Crippen LogP contribution in [0, 0.1) is 17.8 Å². The molecule has 172 valence electrons. The zero-order valence-electron chi connectivity index (χ0n) is 18.6. The predicted molar refractivity (Wildman–Crippen MR) is 124 cm³/mol. The molecule has 1 aromatic rings. The summed E-state index contributed by atoms with van der Waals surface area (Å²) in [4.78, 5) is 26.9. The van der Waals surface area contributed by atoms with Crippen LogP contribution >= 0.6 is 12.4 Å². The van der Waals surface area contributed by atoms with Gasteiger partial charge in [0.25, 0.3) is 0 Å². The molecule has 2 aliphatic carbocycles. The topological polar surface area (TPSA) is 69.6 Å². The number of ketones is 1. The molecule has 1 aromatic carbocycles. The van der Waals surface area contributed by atoms with Gasteiger partial charge in [-0.15, -0.1) is 12.4 Å². The van der Waals surface area contributed by atoms with Gasteiger partial charge in [-0.05, 0) is 56.4 Å². The molecule has 1 amide bonds. The quantitative estimate of drug-likeness (QED) is 0.724. The summed E-state index contributed by atoms with van der Waals surface area (Å²) in [6.07, 6.45) is 7.13. The number of carbonyl (C=O) groups is 2. The van der Waals surface area contributed by atoms with Crippen LogP contribution < -0.4 is 5.32 Å². The van der Waals surface area contributed by atoms with Crippen molar-refractivity contribution in [2.24, 2.45) is 17.8 Å². The molecule has 6 heteroatoms. The van der Waals surface area contributed by atoms with Crippen LogP contribution in [0.15, 0.2) is 30.3 Å². The molecular weight excluding hydrogens is 412 g/mol. The van der Waals surface area contributed by atoms with Gasteiger partial charge in [0.1, 0.15) is 5.78 Å². The fraction of sp³-hybridized carbons (Fsp3) is 0.680. The van der Waals surface area contributed by atoms with Crippen LogP contribution in [0.5, 0.6) is 0 Å². The summed E-state index contributed by atoms with van der Waals surface area (Å²) in [6.45, 7) is 4.16. The monoisotopic (exact) mass is 448 g/mol. The van der Waals surface area contributed by atoms with E-state index in [1.807, 2.05) is 18.2 Å². The second-order valence-corrected chi connectivity index (χ2v) is 9.94. The van der Waals surface area contributed by atoms with Crippen molar-refractivity contribution in [2.75, 3.05) is 19.6 Å². The fourth-order valence-electron chi connectivity index (χ4n) is 6.03. The molecule has 3 fully saturated rings. The molecule has 2 N–H and O–H groups in total. The number of fused-ring (bicyclic) bond motifs is 1. The number of aliphatic hydroxyl groups is 1. The lowest BCUT2D eigenvalue weighted by Crippen LogP contribution is -2.50. The average molecular weight is 449 g/mol. The number of Topliss-reactive ketones (excluding diaryl/α,β-unsaturated/α-hetero) is 1. The third-order valence-electron chi connectivity index (χ3n) is 7.68. The van der Waals surface area contributed by atoms with E-state index in [2.05, 4.69) is 22.3 Å². The minimum Gasteiger partial charge on any atom is -0.389 e. The second-order valence-electron chi connectivity index (χ2n) is 9.94. The summed E-state index contributed by atoms with van der Waals surface area (Å²) in [5.74, 6) is 1.27. The van der Waals surface area contributed by atoms with Gasteiger partial charge in [-0.25, -0.2) is 0 Å². The molecule has 0 radical (unpaired) electrons. The van der Waals surface area contributed by atoms with Gasteiger partial charge in [0.05, 0.1) is 5.60 Å². The first-order valence-electron chi connectivity index (χ1n) is 11.7. The van der Waals surface area contributed by atoms with Gasteiger partial charge in [-0.3, -0.25) is 9.59 Å². The maximum atomic E-state index is 13.2. The molecule has 4 unspecified atom stereocenters. The second kappa shape index (κ2) is 10.5. The largest absolute Gasteiger partial charge is 0.389 e. The summed E-state index contributed by atoms with van der Waals surface area (Å²) in [5, 5.41) is 14.1. The van der Waals surface area contributed by atoms with E-state index in [0.29, 0.717) is 18.1 Å². The number of hydrogen-bond donors (Lipinski definition) is 2. The average Bonchev–Trinajstić information content (AvgIpc) is 2.72. The number of halogens is 1. The Bertz CT molecular complexity index is 748. The van der Waals surface area contributed by atoms with Gasteiger partial charge in [0.2, 0.25) is 5.91 Å². The summed E-state index contributed by atoms with van der Waals surface area (Å²) < 4.78 is 0. The lowest BCUT2D eigenvalue weighted by molar-refractivity contribution is -0.134. The number of rotatable bonds is 5. The SMILES string of the molecule is CC(=O)NC1CCC2C(=O)C(CN3CCC(O)(Cc4ccccc4)CC3)CCC2C1.Cl. The molecule has 5 nitrogen and oxygen atoms in total. The van der Waals surface area contributed by atoms with Gasteiger partial charge in [0.15, 0.2) is 0 Å². The fourth-order valence-corrected chi connectivity index (χ4v) is 6.03. The number of piperidine rings is 1. The highest BCUT2D eigenvalue weighted by Crippen LogP contribution is 2.41. The minimum atomic E-state index is -0.623.